The lowest BCUT2D eigenvalue weighted by molar-refractivity contribution is 0.210. The summed E-state index contributed by atoms with van der Waals surface area (Å²) in [5, 5.41) is 16.8. The second-order valence-electron chi connectivity index (χ2n) is 4.35. The minimum Gasteiger partial charge on any atom is -0.382 e. The third kappa shape index (κ3) is 2.05. The van der Waals surface area contributed by atoms with E-state index in [4.69, 9.17) is 0 Å². The molecule has 0 saturated carbocycles. The van der Waals surface area contributed by atoms with Crippen molar-refractivity contribution in [2.75, 3.05) is 0 Å². The van der Waals surface area contributed by atoms with E-state index in [2.05, 4.69) is 26.0 Å². The van der Waals surface area contributed by atoms with Gasteiger partial charge in [0.2, 0.25) is 0 Å². The van der Waals surface area contributed by atoms with Gasteiger partial charge in [0, 0.05) is 30.4 Å². The van der Waals surface area contributed by atoms with Crippen molar-refractivity contribution >= 4 is 26.7 Å². The molecule has 0 aliphatic rings. The number of nitrogens with zero attached hydrogens (tertiary/aromatic N) is 3. The summed E-state index contributed by atoms with van der Waals surface area (Å²) < 4.78 is 2.45. The molecule has 3 aromatic rings. The first-order valence-electron chi connectivity index (χ1n) is 5.86. The average Bonchev–Trinajstić information content (AvgIpc) is 2.77. The van der Waals surface area contributed by atoms with Crippen LogP contribution in [0.5, 0.6) is 0 Å². The summed E-state index contributed by atoms with van der Waals surface area (Å²) in [6, 6.07) is 7.88. The van der Waals surface area contributed by atoms with Crippen LogP contribution < -0.4 is 0 Å². The third-order valence-electron chi connectivity index (χ3n) is 3.19. The molecule has 5 heteroatoms. The van der Waals surface area contributed by atoms with E-state index in [1.54, 1.807) is 23.3 Å². The SMILES string of the molecule is Cn1ncc(Br)c1C(O)c1cncc2ccccc12. The number of fused-ring (bicyclic) bond motifs is 1. The number of hydrogen-bond donors (Lipinski definition) is 1. The van der Waals surface area contributed by atoms with Crippen molar-refractivity contribution < 1.29 is 5.11 Å². The van der Waals surface area contributed by atoms with Crippen LogP contribution in [0.2, 0.25) is 0 Å². The maximum absolute atomic E-state index is 10.6. The first-order valence-corrected chi connectivity index (χ1v) is 6.66. The summed E-state index contributed by atoms with van der Waals surface area (Å²) in [5.74, 6) is 0. The molecule has 2 aromatic heterocycles. The van der Waals surface area contributed by atoms with Gasteiger partial charge >= 0.3 is 0 Å². The van der Waals surface area contributed by atoms with Crippen molar-refractivity contribution in [2.24, 2.45) is 7.05 Å². The highest BCUT2D eigenvalue weighted by Gasteiger charge is 2.20. The topological polar surface area (TPSA) is 50.9 Å². The van der Waals surface area contributed by atoms with Crippen LogP contribution in [0.15, 0.2) is 47.3 Å². The number of halogens is 1. The zero-order valence-corrected chi connectivity index (χ0v) is 11.9. The molecule has 96 valence electrons. The molecular formula is C14H12BrN3O. The van der Waals surface area contributed by atoms with Gasteiger partial charge < -0.3 is 5.11 Å². The molecule has 0 aliphatic heterocycles. The van der Waals surface area contributed by atoms with Gasteiger partial charge in [0.25, 0.3) is 0 Å². The average molecular weight is 318 g/mol. The summed E-state index contributed by atoms with van der Waals surface area (Å²) in [4.78, 5) is 4.20. The summed E-state index contributed by atoms with van der Waals surface area (Å²) in [7, 11) is 1.81. The highest BCUT2D eigenvalue weighted by Crippen LogP contribution is 2.31. The predicted molar refractivity (Wildman–Crippen MR) is 76.7 cm³/mol. The number of rotatable bonds is 2. The first-order chi connectivity index (χ1) is 9.18. The lowest BCUT2D eigenvalue weighted by atomic mass is 10.0. The lowest BCUT2D eigenvalue weighted by Gasteiger charge is -2.14. The maximum Gasteiger partial charge on any atom is 0.124 e. The van der Waals surface area contributed by atoms with Gasteiger partial charge in [-0.3, -0.25) is 9.67 Å². The van der Waals surface area contributed by atoms with Crippen molar-refractivity contribution in [3.05, 3.63) is 58.6 Å². The van der Waals surface area contributed by atoms with Gasteiger partial charge in [0.15, 0.2) is 0 Å². The number of aryl methyl sites for hydroxylation is 1. The second-order valence-corrected chi connectivity index (χ2v) is 5.21. The highest BCUT2D eigenvalue weighted by molar-refractivity contribution is 9.10. The zero-order chi connectivity index (χ0) is 13.4. The van der Waals surface area contributed by atoms with Crippen LogP contribution in [0.3, 0.4) is 0 Å². The normalized spacial score (nSPS) is 12.8. The molecule has 4 nitrogen and oxygen atoms in total. The first kappa shape index (κ1) is 12.3. The van der Waals surface area contributed by atoms with E-state index >= 15 is 0 Å². The number of aliphatic hydroxyl groups is 1. The molecule has 2 heterocycles. The molecule has 3 rings (SSSR count). The Bertz CT molecular complexity index is 714. The maximum atomic E-state index is 10.6. The minimum atomic E-state index is -0.763. The monoisotopic (exact) mass is 317 g/mol. The highest BCUT2D eigenvalue weighted by atomic mass is 79.9. The van der Waals surface area contributed by atoms with Crippen molar-refractivity contribution in [1.29, 1.82) is 0 Å². The van der Waals surface area contributed by atoms with Crippen LogP contribution in [0.4, 0.5) is 0 Å². The van der Waals surface area contributed by atoms with Crippen molar-refractivity contribution in [3.8, 4) is 0 Å². The molecule has 19 heavy (non-hydrogen) atoms. The molecule has 1 N–H and O–H groups in total. The Morgan fingerprint density at radius 3 is 2.74 bits per heavy atom. The fourth-order valence-electron chi connectivity index (χ4n) is 2.23. The molecule has 0 amide bonds. The quantitative estimate of drug-likeness (QED) is 0.790. The van der Waals surface area contributed by atoms with Crippen LogP contribution in [0.1, 0.15) is 17.4 Å². The summed E-state index contributed by atoms with van der Waals surface area (Å²) in [6.07, 6.45) is 4.41. The Labute approximate surface area is 118 Å². The molecule has 1 aromatic carbocycles. The van der Waals surface area contributed by atoms with Gasteiger partial charge in [-0.25, -0.2) is 0 Å². The fourth-order valence-corrected chi connectivity index (χ4v) is 2.80. The van der Waals surface area contributed by atoms with E-state index in [1.165, 1.54) is 0 Å². The number of benzene rings is 1. The van der Waals surface area contributed by atoms with Gasteiger partial charge in [-0.15, -0.1) is 0 Å². The van der Waals surface area contributed by atoms with Crippen LogP contribution in [0.25, 0.3) is 10.8 Å². The van der Waals surface area contributed by atoms with Crippen LogP contribution in [-0.2, 0) is 7.05 Å². The van der Waals surface area contributed by atoms with Crippen LogP contribution in [0, 0.1) is 0 Å². The molecule has 0 fully saturated rings. The van der Waals surface area contributed by atoms with Crippen molar-refractivity contribution in [3.63, 3.8) is 0 Å². The second kappa shape index (κ2) is 4.75. The van der Waals surface area contributed by atoms with E-state index in [0.717, 1.165) is 26.5 Å². The molecule has 0 saturated heterocycles. The van der Waals surface area contributed by atoms with Gasteiger partial charge in [0.05, 0.1) is 16.4 Å². The van der Waals surface area contributed by atoms with Crippen LogP contribution in [-0.4, -0.2) is 19.9 Å². The van der Waals surface area contributed by atoms with E-state index in [1.807, 2.05) is 31.3 Å². The number of hydrogen-bond acceptors (Lipinski definition) is 3. The predicted octanol–water partition coefficient (Wildman–Crippen LogP) is 2.81. The Morgan fingerprint density at radius 2 is 2.00 bits per heavy atom. The van der Waals surface area contributed by atoms with Crippen molar-refractivity contribution in [2.45, 2.75) is 6.10 Å². The molecule has 0 bridgehead atoms. The third-order valence-corrected chi connectivity index (χ3v) is 3.80. The molecular weight excluding hydrogens is 306 g/mol. The molecule has 0 spiro atoms. The van der Waals surface area contributed by atoms with Gasteiger partial charge in [-0.05, 0) is 21.3 Å². The zero-order valence-electron chi connectivity index (χ0n) is 10.3. The van der Waals surface area contributed by atoms with Crippen molar-refractivity contribution in [1.82, 2.24) is 14.8 Å². The Hall–Kier alpha value is -1.72. The Balaban J connectivity index is 2.20. The Morgan fingerprint density at radius 1 is 1.21 bits per heavy atom. The molecule has 0 aliphatic carbocycles. The molecule has 1 atom stereocenters. The van der Waals surface area contributed by atoms with Gasteiger partial charge in [0.1, 0.15) is 6.10 Å². The van der Waals surface area contributed by atoms with Gasteiger partial charge in [-0.1, -0.05) is 24.3 Å². The summed E-state index contributed by atoms with van der Waals surface area (Å²) in [6.45, 7) is 0. The van der Waals surface area contributed by atoms with Gasteiger partial charge in [-0.2, -0.15) is 5.10 Å². The fraction of sp³-hybridized carbons (Fsp3) is 0.143. The largest absolute Gasteiger partial charge is 0.382 e. The van der Waals surface area contributed by atoms with E-state index < -0.39 is 6.10 Å². The van der Waals surface area contributed by atoms with E-state index in [-0.39, 0.29) is 0 Å². The minimum absolute atomic E-state index is 0.721. The summed E-state index contributed by atoms with van der Waals surface area (Å²) >= 11 is 3.42. The lowest BCUT2D eigenvalue weighted by Crippen LogP contribution is -2.08. The molecule has 1 unspecified atom stereocenters. The van der Waals surface area contributed by atoms with Crippen LogP contribution >= 0.6 is 15.9 Å². The molecule has 0 radical (unpaired) electrons. The number of pyridine rings is 1. The standard InChI is InChI=1S/C14H12BrN3O/c1-18-13(12(15)8-17-18)14(19)11-7-16-6-9-4-2-3-5-10(9)11/h2-8,14,19H,1H3. The Kier molecular flexibility index (Phi) is 3.08. The summed E-state index contributed by atoms with van der Waals surface area (Å²) in [5.41, 5.74) is 1.50. The van der Waals surface area contributed by atoms with E-state index in [9.17, 15) is 5.11 Å². The van der Waals surface area contributed by atoms with E-state index in [0.29, 0.717) is 0 Å². The smallest absolute Gasteiger partial charge is 0.124 e. The number of aliphatic hydroxyl groups excluding tert-OH is 1. The number of aromatic nitrogens is 3.